The van der Waals surface area contributed by atoms with Gasteiger partial charge in [-0.05, 0) is 5.56 Å². The van der Waals surface area contributed by atoms with Crippen molar-refractivity contribution < 1.29 is 25.2 Å². The Morgan fingerprint density at radius 2 is 1.76 bits per heavy atom. The third kappa shape index (κ3) is 5.09. The first-order chi connectivity index (χ1) is 18.1. The summed E-state index contributed by atoms with van der Waals surface area (Å²) in [5.41, 5.74) is 3.22. The van der Waals surface area contributed by atoms with Crippen molar-refractivity contribution in [1.29, 1.82) is 0 Å². The van der Waals surface area contributed by atoms with Crippen molar-refractivity contribution >= 4 is 17.0 Å². The zero-order valence-electron chi connectivity index (χ0n) is 19.4. The molecule has 14 nitrogen and oxygen atoms in total. The molecule has 0 unspecified atom stereocenters. The second kappa shape index (κ2) is 10.9. The van der Waals surface area contributed by atoms with Gasteiger partial charge in [0.2, 0.25) is 0 Å². The van der Waals surface area contributed by atoms with E-state index in [2.05, 4.69) is 52.3 Å². The number of nitrogens with zero attached hydrogens (tertiary/aromatic N) is 7. The Morgan fingerprint density at radius 1 is 0.946 bits per heavy atom. The maximum Gasteiger partial charge on any atom is 0.182 e. The highest BCUT2D eigenvalue weighted by molar-refractivity contribution is 5.81. The van der Waals surface area contributed by atoms with E-state index in [1.807, 2.05) is 18.2 Å². The highest BCUT2D eigenvalue weighted by Gasteiger charge is 2.44. The summed E-state index contributed by atoms with van der Waals surface area (Å²) in [7, 11) is 0. The van der Waals surface area contributed by atoms with Crippen LogP contribution in [0.5, 0.6) is 0 Å². The molecule has 0 spiro atoms. The second-order valence-corrected chi connectivity index (χ2v) is 8.27. The molecule has 6 rings (SSSR count). The van der Waals surface area contributed by atoms with Crippen LogP contribution in [0.2, 0.25) is 0 Å². The molecule has 1 aromatic carbocycles. The van der Waals surface area contributed by atoms with Crippen molar-refractivity contribution in [1.82, 2.24) is 39.5 Å². The summed E-state index contributed by atoms with van der Waals surface area (Å²) in [4.78, 5) is 27.3. The number of hydrogen-bond acceptors (Lipinski definition) is 12. The van der Waals surface area contributed by atoms with Crippen LogP contribution < -0.4 is 5.32 Å². The number of benzene rings is 1. The monoisotopic (exact) mass is 507 g/mol. The minimum Gasteiger partial charge on any atom is -0.394 e. The van der Waals surface area contributed by atoms with Gasteiger partial charge in [0.25, 0.3) is 0 Å². The Bertz CT molecular complexity index is 1400. The van der Waals surface area contributed by atoms with Gasteiger partial charge in [-0.1, -0.05) is 30.3 Å². The Kier molecular flexibility index (Phi) is 7.25. The van der Waals surface area contributed by atoms with Gasteiger partial charge in [0.05, 0.1) is 25.5 Å². The van der Waals surface area contributed by atoms with Crippen molar-refractivity contribution in [3.05, 3.63) is 67.4 Å². The van der Waals surface area contributed by atoms with Gasteiger partial charge in [0, 0.05) is 6.54 Å². The van der Waals surface area contributed by atoms with E-state index in [-0.39, 0.29) is 0 Å². The quantitative estimate of drug-likeness (QED) is 0.182. The molecule has 2 aromatic heterocycles. The molecular formula is C23H25N9O5. The number of nitrogens with one attached hydrogen (secondary N) is 2. The third-order valence-electron chi connectivity index (χ3n) is 5.91. The number of imidazole rings is 2. The van der Waals surface area contributed by atoms with Crippen LogP contribution in [0.15, 0.2) is 61.8 Å². The number of H-pyrrole nitrogens is 1. The molecule has 192 valence electrons. The summed E-state index contributed by atoms with van der Waals surface area (Å²) in [6.45, 7) is 0.240. The van der Waals surface area contributed by atoms with Crippen LogP contribution >= 0.6 is 0 Å². The zero-order valence-corrected chi connectivity index (χ0v) is 19.4. The number of anilines is 1. The lowest BCUT2D eigenvalue weighted by molar-refractivity contribution is -0.251. The largest absolute Gasteiger partial charge is 0.394 e. The molecule has 0 bridgehead atoms. The number of aliphatic hydroxyl groups excluding tert-OH is 4. The summed E-state index contributed by atoms with van der Waals surface area (Å²) in [6, 6.07) is 10.2. The number of fused-ring (bicyclic) bond motifs is 2. The van der Waals surface area contributed by atoms with Crippen LogP contribution in [0.4, 0.5) is 5.82 Å². The third-order valence-corrected chi connectivity index (χ3v) is 5.91. The SMILES string of the molecule is OC[C@H]1O[C@@H](n2cncc3ncnc2-3)[C@H](O)[C@@H](O)[C@@H]1O.c1ccc(CNc2ncnc3nc[nH]c23)cc1. The summed E-state index contributed by atoms with van der Waals surface area (Å²) in [6.07, 6.45) is 1.11. The Hall–Kier alpha value is -4.08. The lowest BCUT2D eigenvalue weighted by Crippen LogP contribution is -2.56. The first-order valence-electron chi connectivity index (χ1n) is 11.4. The lowest BCUT2D eigenvalue weighted by Gasteiger charge is -2.40. The van der Waals surface area contributed by atoms with E-state index in [1.54, 1.807) is 6.33 Å². The molecule has 3 aliphatic rings. The zero-order chi connectivity index (χ0) is 25.8. The van der Waals surface area contributed by atoms with Crippen molar-refractivity contribution in [3.63, 3.8) is 0 Å². The van der Waals surface area contributed by atoms with Crippen molar-refractivity contribution in [2.45, 2.75) is 37.2 Å². The van der Waals surface area contributed by atoms with Gasteiger partial charge in [-0.15, -0.1) is 0 Å². The van der Waals surface area contributed by atoms with Gasteiger partial charge in [-0.2, -0.15) is 0 Å². The van der Waals surface area contributed by atoms with E-state index in [4.69, 9.17) is 4.74 Å². The molecule has 0 radical (unpaired) electrons. The minimum atomic E-state index is -1.45. The Balaban J connectivity index is 0.000000153. The van der Waals surface area contributed by atoms with Crippen LogP contribution in [-0.4, -0.2) is 90.9 Å². The molecule has 0 aliphatic carbocycles. The van der Waals surface area contributed by atoms with E-state index in [0.717, 1.165) is 17.9 Å². The van der Waals surface area contributed by atoms with Gasteiger partial charge in [0.15, 0.2) is 23.5 Å². The van der Waals surface area contributed by atoms with E-state index >= 15 is 0 Å². The summed E-state index contributed by atoms with van der Waals surface area (Å²) >= 11 is 0. The molecule has 6 N–H and O–H groups in total. The predicted octanol–water partition coefficient (Wildman–Crippen LogP) is -0.285. The molecule has 5 atom stereocenters. The Labute approximate surface area is 210 Å². The second-order valence-electron chi connectivity index (χ2n) is 8.27. The fraction of sp³-hybridized carbons (Fsp3) is 0.304. The van der Waals surface area contributed by atoms with Crippen molar-refractivity contribution in [2.75, 3.05) is 11.9 Å². The van der Waals surface area contributed by atoms with E-state index in [0.29, 0.717) is 17.2 Å². The fourth-order valence-corrected chi connectivity index (χ4v) is 3.97. The van der Waals surface area contributed by atoms with E-state index in [9.17, 15) is 20.4 Å². The molecule has 37 heavy (non-hydrogen) atoms. The van der Waals surface area contributed by atoms with Crippen molar-refractivity contribution in [2.24, 2.45) is 0 Å². The first kappa shape index (κ1) is 24.6. The molecule has 1 saturated heterocycles. The van der Waals surface area contributed by atoms with Gasteiger partial charge >= 0.3 is 0 Å². The van der Waals surface area contributed by atoms with Crippen LogP contribution in [-0.2, 0) is 11.3 Å². The fourth-order valence-electron chi connectivity index (χ4n) is 3.97. The summed E-state index contributed by atoms with van der Waals surface area (Å²) in [5, 5.41) is 42.0. The van der Waals surface area contributed by atoms with E-state index in [1.165, 1.54) is 35.3 Å². The maximum absolute atomic E-state index is 10.1. The van der Waals surface area contributed by atoms with Crippen LogP contribution in [0.1, 0.15) is 11.8 Å². The molecule has 0 amide bonds. The normalized spacial score (nSPS) is 23.5. The first-order valence-corrected chi connectivity index (χ1v) is 11.4. The van der Waals surface area contributed by atoms with Gasteiger partial charge in [-0.3, -0.25) is 4.57 Å². The highest BCUT2D eigenvalue weighted by atomic mass is 16.6. The molecule has 1 fully saturated rings. The minimum absolute atomic E-state index is 0.421. The lowest BCUT2D eigenvalue weighted by atomic mass is 9.98. The number of hydrogen-bond donors (Lipinski definition) is 6. The number of aliphatic hydroxyl groups is 4. The van der Waals surface area contributed by atoms with Crippen LogP contribution in [0.3, 0.4) is 0 Å². The average Bonchev–Trinajstić information content (AvgIpc) is 3.62. The van der Waals surface area contributed by atoms with Gasteiger partial charge < -0.3 is 35.5 Å². The number of ether oxygens (including phenoxy) is 1. The van der Waals surface area contributed by atoms with Gasteiger partial charge in [0.1, 0.15) is 48.3 Å². The van der Waals surface area contributed by atoms with Crippen LogP contribution in [0.25, 0.3) is 22.7 Å². The highest BCUT2D eigenvalue weighted by Crippen LogP contribution is 2.31. The smallest absolute Gasteiger partial charge is 0.182 e. The number of aromatic amines is 1. The summed E-state index contributed by atoms with van der Waals surface area (Å²) in [5.74, 6) is 1.20. The molecular weight excluding hydrogens is 482 g/mol. The summed E-state index contributed by atoms with van der Waals surface area (Å²) < 4.78 is 6.85. The average molecular weight is 508 g/mol. The maximum atomic E-state index is 10.1. The molecule has 14 heteroatoms. The number of rotatable bonds is 5. The Morgan fingerprint density at radius 3 is 2.57 bits per heavy atom. The van der Waals surface area contributed by atoms with Crippen molar-refractivity contribution in [3.8, 4) is 11.5 Å². The molecule has 5 heterocycles. The molecule has 3 aliphatic heterocycles. The molecule has 3 aromatic rings. The standard InChI is InChI=1S/C12H11N5.C11H14N4O5/c1-2-4-9(5-3-1)6-13-11-10-12(15-7-14-10)17-8-16-11;16-2-6-7(17)8(18)9(19)11(20-6)15-4-12-1-5-10(15)14-3-13-5/h1-5,7-8H,6H2,(H2,13,14,15,16,17);1,3-4,6-9,11,16-19H,2H2/t;6-,7-,8+,9-,11-/m.1/s1. The van der Waals surface area contributed by atoms with E-state index < -0.39 is 37.3 Å². The number of aromatic nitrogens is 8. The van der Waals surface area contributed by atoms with Gasteiger partial charge in [-0.25, -0.2) is 29.9 Å². The molecule has 0 saturated carbocycles. The predicted molar refractivity (Wildman–Crippen MR) is 129 cm³/mol. The topological polar surface area (TPSA) is 200 Å². The van der Waals surface area contributed by atoms with Crippen LogP contribution in [0, 0.1) is 0 Å².